The van der Waals surface area contributed by atoms with Crippen molar-refractivity contribution in [1.29, 1.82) is 0 Å². The Morgan fingerprint density at radius 1 is 1.00 bits per heavy atom. The third-order valence-electron chi connectivity index (χ3n) is 5.66. The van der Waals surface area contributed by atoms with Crippen molar-refractivity contribution in [2.24, 2.45) is 11.5 Å². The maximum absolute atomic E-state index is 6.55. The van der Waals surface area contributed by atoms with Gasteiger partial charge in [0.05, 0.1) is 11.4 Å². The molecular weight excluding hydrogens is 445 g/mol. The van der Waals surface area contributed by atoms with Crippen LogP contribution in [0.4, 0.5) is 0 Å². The van der Waals surface area contributed by atoms with Gasteiger partial charge >= 0.3 is 0 Å². The Kier molecular flexibility index (Phi) is 10.8. The highest BCUT2D eigenvalue weighted by atomic mass is 31.1. The second kappa shape index (κ2) is 13.6. The molecule has 0 aromatic heterocycles. The van der Waals surface area contributed by atoms with E-state index in [0.717, 1.165) is 28.8 Å². The second-order valence-corrected chi connectivity index (χ2v) is 10.1. The predicted molar refractivity (Wildman–Crippen MR) is 160 cm³/mol. The molecule has 0 radical (unpaired) electrons. The van der Waals surface area contributed by atoms with Gasteiger partial charge in [-0.25, -0.2) is 0 Å². The molecule has 35 heavy (non-hydrogen) atoms. The van der Waals surface area contributed by atoms with E-state index in [1.165, 1.54) is 27.0 Å². The zero-order valence-corrected chi connectivity index (χ0v) is 22.7. The van der Waals surface area contributed by atoms with Gasteiger partial charge in [-0.2, -0.15) is 0 Å². The summed E-state index contributed by atoms with van der Waals surface area (Å²) in [5.41, 5.74) is 17.9. The van der Waals surface area contributed by atoms with E-state index in [0.29, 0.717) is 0 Å². The van der Waals surface area contributed by atoms with Gasteiger partial charge in [-0.15, -0.1) is 0 Å². The molecule has 0 aliphatic heterocycles. The summed E-state index contributed by atoms with van der Waals surface area (Å²) >= 11 is 0. The van der Waals surface area contributed by atoms with Crippen LogP contribution in [0.2, 0.25) is 0 Å². The predicted octanol–water partition coefficient (Wildman–Crippen LogP) is 8.35. The smallest absolute Gasteiger partial charge is 0.0665 e. The minimum absolute atomic E-state index is 0.173. The fourth-order valence-corrected chi connectivity index (χ4v) is 6.42. The topological polar surface area (TPSA) is 64.1 Å². The number of hydrogen-bond acceptors (Lipinski definition) is 3. The SMILES string of the molecule is C=C/C=C(\C)P(C1=CCC(NC2=C(N)c3cccc4cccc2c34)C=C1)/C(N)=C/C=C.CC.CC. The van der Waals surface area contributed by atoms with Gasteiger partial charge in [0.25, 0.3) is 0 Å². The van der Waals surface area contributed by atoms with Crippen LogP contribution in [0, 0.1) is 0 Å². The minimum atomic E-state index is -0.754. The summed E-state index contributed by atoms with van der Waals surface area (Å²) in [4.78, 5) is 0. The van der Waals surface area contributed by atoms with Crippen molar-refractivity contribution >= 4 is 30.1 Å². The average molecular weight is 486 g/mol. The molecule has 184 valence electrons. The van der Waals surface area contributed by atoms with Crippen LogP contribution in [0.25, 0.3) is 22.2 Å². The second-order valence-electron chi connectivity index (χ2n) is 7.68. The molecule has 2 aliphatic rings. The van der Waals surface area contributed by atoms with E-state index in [1.807, 2.05) is 45.9 Å². The Balaban J connectivity index is 0.00000103. The molecule has 0 amide bonds. The Hall–Kier alpha value is -3.29. The van der Waals surface area contributed by atoms with Gasteiger partial charge in [0.1, 0.15) is 0 Å². The van der Waals surface area contributed by atoms with Gasteiger partial charge in [0.2, 0.25) is 0 Å². The normalized spacial score (nSPS) is 17.5. The van der Waals surface area contributed by atoms with Crippen LogP contribution in [-0.2, 0) is 0 Å². The molecule has 2 unspecified atom stereocenters. The molecule has 0 heterocycles. The van der Waals surface area contributed by atoms with Crippen molar-refractivity contribution in [3.63, 3.8) is 0 Å². The van der Waals surface area contributed by atoms with Crippen molar-refractivity contribution in [1.82, 2.24) is 5.32 Å². The first-order valence-electron chi connectivity index (χ1n) is 12.4. The Labute approximate surface area is 213 Å². The Morgan fingerprint density at radius 2 is 1.63 bits per heavy atom. The summed E-state index contributed by atoms with van der Waals surface area (Å²) in [6.45, 7) is 17.7. The van der Waals surface area contributed by atoms with E-state index >= 15 is 0 Å². The van der Waals surface area contributed by atoms with E-state index < -0.39 is 7.92 Å². The van der Waals surface area contributed by atoms with Crippen molar-refractivity contribution in [3.05, 3.63) is 119 Å². The zero-order chi connectivity index (χ0) is 26.0. The molecule has 3 nitrogen and oxygen atoms in total. The zero-order valence-electron chi connectivity index (χ0n) is 21.8. The third kappa shape index (κ3) is 6.05. The number of rotatable bonds is 7. The number of hydrogen-bond donors (Lipinski definition) is 3. The van der Waals surface area contributed by atoms with Crippen LogP contribution in [0.1, 0.15) is 52.2 Å². The van der Waals surface area contributed by atoms with E-state index in [4.69, 9.17) is 11.5 Å². The molecule has 5 N–H and O–H groups in total. The summed E-state index contributed by atoms with van der Waals surface area (Å²) in [6.07, 6.45) is 15.1. The third-order valence-corrected chi connectivity index (χ3v) is 8.03. The molecule has 2 atom stereocenters. The molecule has 2 aromatic rings. The first kappa shape index (κ1) is 28.0. The van der Waals surface area contributed by atoms with Crippen molar-refractivity contribution in [2.45, 2.75) is 47.1 Å². The molecule has 0 fully saturated rings. The average Bonchev–Trinajstić information content (AvgIpc) is 3.16. The van der Waals surface area contributed by atoms with Crippen LogP contribution < -0.4 is 16.8 Å². The van der Waals surface area contributed by atoms with Crippen molar-refractivity contribution < 1.29 is 0 Å². The fourth-order valence-electron chi connectivity index (χ4n) is 4.27. The van der Waals surface area contributed by atoms with E-state index in [2.05, 4.69) is 80.0 Å². The molecule has 2 aliphatic carbocycles. The highest BCUT2D eigenvalue weighted by molar-refractivity contribution is 7.70. The summed E-state index contributed by atoms with van der Waals surface area (Å²) in [6, 6.07) is 12.8. The van der Waals surface area contributed by atoms with Crippen LogP contribution in [0.3, 0.4) is 0 Å². The lowest BCUT2D eigenvalue weighted by Crippen LogP contribution is -2.27. The lowest BCUT2D eigenvalue weighted by molar-refractivity contribution is 0.718. The monoisotopic (exact) mass is 485 g/mol. The van der Waals surface area contributed by atoms with E-state index in [-0.39, 0.29) is 6.04 Å². The van der Waals surface area contributed by atoms with Gasteiger partial charge in [-0.05, 0) is 43.4 Å². The first-order valence-corrected chi connectivity index (χ1v) is 13.7. The van der Waals surface area contributed by atoms with Gasteiger partial charge in [0.15, 0.2) is 0 Å². The molecule has 4 heteroatoms. The lowest BCUT2D eigenvalue weighted by atomic mass is 10.0. The lowest BCUT2D eigenvalue weighted by Gasteiger charge is -2.26. The van der Waals surface area contributed by atoms with Crippen LogP contribution >= 0.6 is 7.92 Å². The Bertz CT molecular complexity index is 1180. The fraction of sp³-hybridized carbons (Fsp3) is 0.226. The molecule has 4 rings (SSSR count). The first-order chi connectivity index (χ1) is 17.0. The highest BCUT2D eigenvalue weighted by Crippen LogP contribution is 2.58. The molecule has 0 saturated heterocycles. The summed E-state index contributed by atoms with van der Waals surface area (Å²) in [5, 5.41) is 8.60. The largest absolute Gasteiger partial charge is 0.398 e. The molecular formula is C31H40N3P. The number of nitrogens with two attached hydrogens (primary N) is 2. The maximum atomic E-state index is 6.55. The molecule has 0 bridgehead atoms. The van der Waals surface area contributed by atoms with Gasteiger partial charge in [-0.3, -0.25) is 0 Å². The van der Waals surface area contributed by atoms with Crippen molar-refractivity contribution in [3.8, 4) is 0 Å². The highest BCUT2D eigenvalue weighted by Gasteiger charge is 2.25. The number of nitrogens with one attached hydrogen (secondary N) is 1. The molecule has 0 saturated carbocycles. The maximum Gasteiger partial charge on any atom is 0.0665 e. The quantitative estimate of drug-likeness (QED) is 0.273. The summed E-state index contributed by atoms with van der Waals surface area (Å²) in [5.74, 6) is 0. The summed E-state index contributed by atoms with van der Waals surface area (Å²) in [7, 11) is -0.754. The van der Waals surface area contributed by atoms with E-state index in [1.54, 1.807) is 6.08 Å². The number of allylic oxidation sites excluding steroid dienone is 7. The van der Waals surface area contributed by atoms with Crippen LogP contribution in [0.5, 0.6) is 0 Å². The standard InChI is InChI=1S/C27H28N3P.2C2H6/c1-4-8-18(3)31(24(28)9-5-2)21-16-14-20(15-17-21)30-27-23-13-7-11-19-10-6-12-22(25(19)23)26(27)29;2*1-2/h4-14,16-17,20,30H,1-2,15,28-29H2,3H3;2*1-2H3/b18-8+,24-9+;;. The van der Waals surface area contributed by atoms with Gasteiger partial charge in [0, 0.05) is 28.0 Å². The van der Waals surface area contributed by atoms with E-state index in [9.17, 15) is 0 Å². The number of benzene rings is 2. The molecule has 0 spiro atoms. The van der Waals surface area contributed by atoms with Gasteiger partial charge < -0.3 is 16.8 Å². The van der Waals surface area contributed by atoms with Crippen LogP contribution in [-0.4, -0.2) is 6.04 Å². The minimum Gasteiger partial charge on any atom is -0.398 e. The molecule has 2 aromatic carbocycles. The van der Waals surface area contributed by atoms with Crippen molar-refractivity contribution in [2.75, 3.05) is 0 Å². The van der Waals surface area contributed by atoms with Gasteiger partial charge in [-0.1, -0.05) is 114 Å². The summed E-state index contributed by atoms with van der Waals surface area (Å²) < 4.78 is 0. The Morgan fingerprint density at radius 3 is 2.20 bits per heavy atom. The van der Waals surface area contributed by atoms with Crippen LogP contribution in [0.15, 0.2) is 108 Å².